The van der Waals surface area contributed by atoms with Gasteiger partial charge in [-0.05, 0) is 0 Å². The highest BCUT2D eigenvalue weighted by atomic mass is 16.7. The molecule has 6 nitrogen and oxygen atoms in total. The Balaban J connectivity index is 2.75. The molecule has 1 rings (SSSR count). The van der Waals surface area contributed by atoms with Crippen LogP contribution in [0, 0.1) is 0 Å². The number of hydrogen-bond donors (Lipinski definition) is 2. The molecule has 0 atom stereocenters. The molecule has 60 valence electrons. The van der Waals surface area contributed by atoms with Crippen LogP contribution in [-0.2, 0) is 14.3 Å². The Morgan fingerprint density at radius 1 is 1.64 bits per heavy atom. The number of hydrogen-bond acceptors (Lipinski definition) is 5. The van der Waals surface area contributed by atoms with Crippen molar-refractivity contribution in [2.24, 2.45) is 0 Å². The number of esters is 1. The van der Waals surface area contributed by atoms with Crippen LogP contribution in [0.25, 0.3) is 0 Å². The molecule has 0 aromatic rings. The van der Waals surface area contributed by atoms with Gasteiger partial charge in [0.25, 0.3) is 5.76 Å². The normalized spacial score (nSPS) is 16.5. The second kappa shape index (κ2) is 2.49. The molecule has 0 spiro atoms. The molecule has 2 N–H and O–H groups in total. The standard InChI is InChI=1S/C5H4O6/c6-2-1-10-4(7)3(2)11-5(8)9/h6H,1H2,(H,8,9). The molecule has 0 radical (unpaired) electrons. The molecule has 0 fully saturated rings. The SMILES string of the molecule is O=C(O)OC1=C(O)COC1=O. The Morgan fingerprint density at radius 2 is 2.27 bits per heavy atom. The van der Waals surface area contributed by atoms with Crippen LogP contribution in [0.15, 0.2) is 11.5 Å². The Morgan fingerprint density at radius 3 is 2.64 bits per heavy atom. The summed E-state index contributed by atoms with van der Waals surface area (Å²) in [5, 5.41) is 16.8. The number of carbonyl (C=O) groups excluding carboxylic acids is 1. The zero-order valence-corrected chi connectivity index (χ0v) is 5.23. The maximum absolute atomic E-state index is 10.5. The molecule has 1 heterocycles. The highest BCUT2D eigenvalue weighted by molar-refractivity contribution is 5.90. The first-order valence-corrected chi connectivity index (χ1v) is 2.61. The predicted molar refractivity (Wildman–Crippen MR) is 29.7 cm³/mol. The summed E-state index contributed by atoms with van der Waals surface area (Å²) in [6.45, 7) is -0.332. The van der Waals surface area contributed by atoms with E-state index in [-0.39, 0.29) is 6.61 Å². The van der Waals surface area contributed by atoms with E-state index in [1.165, 1.54) is 0 Å². The molecular weight excluding hydrogens is 156 g/mol. The van der Waals surface area contributed by atoms with Crippen LogP contribution in [-0.4, -0.2) is 28.9 Å². The molecule has 1 aliphatic heterocycles. The van der Waals surface area contributed by atoms with Crippen molar-refractivity contribution in [2.45, 2.75) is 0 Å². The van der Waals surface area contributed by atoms with Crippen molar-refractivity contribution in [1.29, 1.82) is 0 Å². The number of aliphatic hydroxyl groups is 1. The zero-order chi connectivity index (χ0) is 8.43. The fourth-order valence-corrected chi connectivity index (χ4v) is 0.571. The predicted octanol–water partition coefficient (Wildman–Crippen LogP) is 0.00740. The molecule has 1 aliphatic rings. The van der Waals surface area contributed by atoms with Gasteiger partial charge >= 0.3 is 12.1 Å². The van der Waals surface area contributed by atoms with Gasteiger partial charge in [0.2, 0.25) is 0 Å². The molecule has 0 unspecified atom stereocenters. The van der Waals surface area contributed by atoms with Gasteiger partial charge < -0.3 is 19.7 Å². The van der Waals surface area contributed by atoms with Gasteiger partial charge in [-0.1, -0.05) is 0 Å². The van der Waals surface area contributed by atoms with Crippen LogP contribution in [0.4, 0.5) is 4.79 Å². The van der Waals surface area contributed by atoms with Crippen molar-refractivity contribution in [3.05, 3.63) is 11.5 Å². The quantitative estimate of drug-likeness (QED) is 0.524. The number of ether oxygens (including phenoxy) is 2. The van der Waals surface area contributed by atoms with E-state index in [1.54, 1.807) is 0 Å². The molecule has 11 heavy (non-hydrogen) atoms. The smallest absolute Gasteiger partial charge is 0.505 e. The van der Waals surface area contributed by atoms with Crippen LogP contribution < -0.4 is 0 Å². The van der Waals surface area contributed by atoms with Crippen molar-refractivity contribution in [3.8, 4) is 0 Å². The van der Waals surface area contributed by atoms with E-state index in [4.69, 9.17) is 10.2 Å². The van der Waals surface area contributed by atoms with Crippen molar-refractivity contribution < 1.29 is 29.3 Å². The van der Waals surface area contributed by atoms with Crippen LogP contribution in [0.5, 0.6) is 0 Å². The molecule has 6 heteroatoms. The number of aliphatic hydroxyl groups excluding tert-OH is 1. The minimum Gasteiger partial charge on any atom is -0.505 e. The Hall–Kier alpha value is -1.72. The van der Waals surface area contributed by atoms with E-state index in [0.717, 1.165) is 0 Å². The van der Waals surface area contributed by atoms with Crippen molar-refractivity contribution >= 4 is 12.1 Å². The lowest BCUT2D eigenvalue weighted by atomic mass is 10.4. The Kier molecular flexibility index (Phi) is 1.67. The van der Waals surface area contributed by atoms with Gasteiger partial charge in [0.1, 0.15) is 0 Å². The van der Waals surface area contributed by atoms with Gasteiger partial charge in [-0.3, -0.25) is 0 Å². The fourth-order valence-electron chi connectivity index (χ4n) is 0.571. The molecule has 0 aromatic carbocycles. The molecule has 0 bridgehead atoms. The molecule has 0 saturated carbocycles. The average molecular weight is 160 g/mol. The first-order chi connectivity index (χ1) is 5.11. The van der Waals surface area contributed by atoms with Crippen LogP contribution >= 0.6 is 0 Å². The van der Waals surface area contributed by atoms with Gasteiger partial charge in [-0.15, -0.1) is 0 Å². The summed E-state index contributed by atoms with van der Waals surface area (Å²) in [6, 6.07) is 0. The van der Waals surface area contributed by atoms with Crippen LogP contribution in [0.1, 0.15) is 0 Å². The highest BCUT2D eigenvalue weighted by Crippen LogP contribution is 2.14. The lowest BCUT2D eigenvalue weighted by Gasteiger charge is -1.94. The summed E-state index contributed by atoms with van der Waals surface area (Å²) < 4.78 is 8.13. The number of carboxylic acid groups (broad SMARTS) is 1. The van der Waals surface area contributed by atoms with Gasteiger partial charge in [0.05, 0.1) is 0 Å². The number of rotatable bonds is 1. The summed E-state index contributed by atoms with van der Waals surface area (Å²) in [4.78, 5) is 20.4. The van der Waals surface area contributed by atoms with E-state index >= 15 is 0 Å². The number of carbonyl (C=O) groups is 2. The first-order valence-electron chi connectivity index (χ1n) is 2.61. The van der Waals surface area contributed by atoms with Gasteiger partial charge in [-0.2, -0.15) is 0 Å². The third-order valence-corrected chi connectivity index (χ3v) is 0.977. The molecule has 0 aliphatic carbocycles. The Bertz CT molecular complexity index is 239. The first kappa shape index (κ1) is 7.39. The van der Waals surface area contributed by atoms with Gasteiger partial charge in [0, 0.05) is 0 Å². The summed E-state index contributed by atoms with van der Waals surface area (Å²) in [6.07, 6.45) is -1.66. The van der Waals surface area contributed by atoms with Crippen molar-refractivity contribution in [3.63, 3.8) is 0 Å². The van der Waals surface area contributed by atoms with E-state index in [2.05, 4.69) is 9.47 Å². The Labute approximate surface area is 60.6 Å². The summed E-state index contributed by atoms with van der Waals surface area (Å²) >= 11 is 0. The average Bonchev–Trinajstić information content (AvgIpc) is 2.18. The maximum atomic E-state index is 10.5. The zero-order valence-electron chi connectivity index (χ0n) is 5.23. The third-order valence-electron chi connectivity index (χ3n) is 0.977. The van der Waals surface area contributed by atoms with Crippen LogP contribution in [0.2, 0.25) is 0 Å². The maximum Gasteiger partial charge on any atom is 0.511 e. The topological polar surface area (TPSA) is 93.1 Å². The van der Waals surface area contributed by atoms with Gasteiger partial charge in [-0.25, -0.2) is 9.59 Å². The summed E-state index contributed by atoms with van der Waals surface area (Å²) in [5.41, 5.74) is 0. The van der Waals surface area contributed by atoms with Crippen molar-refractivity contribution in [2.75, 3.05) is 6.61 Å². The molecule has 0 saturated heterocycles. The molecule has 0 aromatic heterocycles. The summed E-state index contributed by atoms with van der Waals surface area (Å²) in [5.74, 6) is -2.13. The minimum absolute atomic E-state index is 0.332. The molecule has 0 amide bonds. The number of cyclic esters (lactones) is 1. The molecular formula is C5H4O6. The fraction of sp³-hybridized carbons (Fsp3) is 0.200. The lowest BCUT2D eigenvalue weighted by Crippen LogP contribution is -2.07. The van der Waals surface area contributed by atoms with E-state index in [0.29, 0.717) is 0 Å². The van der Waals surface area contributed by atoms with E-state index in [1.807, 2.05) is 0 Å². The highest BCUT2D eigenvalue weighted by Gasteiger charge is 2.28. The largest absolute Gasteiger partial charge is 0.511 e. The monoisotopic (exact) mass is 160 g/mol. The second-order valence-electron chi connectivity index (χ2n) is 1.72. The van der Waals surface area contributed by atoms with E-state index < -0.39 is 23.6 Å². The van der Waals surface area contributed by atoms with Crippen molar-refractivity contribution in [1.82, 2.24) is 0 Å². The second-order valence-corrected chi connectivity index (χ2v) is 1.72. The lowest BCUT2D eigenvalue weighted by molar-refractivity contribution is -0.138. The summed E-state index contributed by atoms with van der Waals surface area (Å²) in [7, 11) is 0. The van der Waals surface area contributed by atoms with Gasteiger partial charge in [0.15, 0.2) is 12.4 Å². The van der Waals surface area contributed by atoms with E-state index in [9.17, 15) is 9.59 Å². The van der Waals surface area contributed by atoms with Crippen LogP contribution in [0.3, 0.4) is 0 Å². The third kappa shape index (κ3) is 1.40. The minimum atomic E-state index is -1.66.